The Morgan fingerprint density at radius 1 is 1.24 bits per heavy atom. The standard InChI is InChI=1S/C22H25NO11/c1-11(20(28)29)10-33-19-17(23-12(2)25)22(34-16(9-24)18(19)27)32-7-3-4-13-5-6-15(26)14(8-13)21(30)31/h5-6,8,16-19,22,24,26-27H,1,7,9-10H2,2H3,(H,23,25)(H,28,29)(H,30,31)/t16-,17-,18+,19-,22+/m0/s1. The molecule has 0 radical (unpaired) electrons. The van der Waals surface area contributed by atoms with Crippen LogP contribution >= 0.6 is 0 Å². The summed E-state index contributed by atoms with van der Waals surface area (Å²) in [5.74, 6) is 1.74. The van der Waals surface area contributed by atoms with E-state index >= 15 is 0 Å². The first-order chi connectivity index (χ1) is 16.0. The van der Waals surface area contributed by atoms with E-state index in [-0.39, 0.29) is 17.7 Å². The molecule has 184 valence electrons. The molecular weight excluding hydrogens is 454 g/mol. The molecule has 0 unspecified atom stereocenters. The van der Waals surface area contributed by atoms with E-state index in [9.17, 15) is 29.7 Å². The van der Waals surface area contributed by atoms with Crippen molar-refractivity contribution in [2.45, 2.75) is 37.6 Å². The van der Waals surface area contributed by atoms with Crippen molar-refractivity contribution in [2.24, 2.45) is 0 Å². The van der Waals surface area contributed by atoms with E-state index in [1.807, 2.05) is 0 Å². The summed E-state index contributed by atoms with van der Waals surface area (Å²) in [6, 6.07) is 2.68. The molecule has 0 spiro atoms. The third-order valence-corrected chi connectivity index (χ3v) is 4.76. The summed E-state index contributed by atoms with van der Waals surface area (Å²) in [6.07, 6.45) is -5.04. The van der Waals surface area contributed by atoms with Gasteiger partial charge in [-0.05, 0) is 18.2 Å². The van der Waals surface area contributed by atoms with Gasteiger partial charge in [-0.15, -0.1) is 0 Å². The van der Waals surface area contributed by atoms with Crippen molar-refractivity contribution in [2.75, 3.05) is 19.8 Å². The lowest BCUT2D eigenvalue weighted by molar-refractivity contribution is -0.272. The second-order valence-electron chi connectivity index (χ2n) is 7.28. The number of rotatable bonds is 9. The van der Waals surface area contributed by atoms with Crippen LogP contribution in [0.1, 0.15) is 22.8 Å². The Morgan fingerprint density at radius 3 is 2.53 bits per heavy atom. The van der Waals surface area contributed by atoms with Gasteiger partial charge in [0.1, 0.15) is 42.3 Å². The Morgan fingerprint density at radius 2 is 1.94 bits per heavy atom. The maximum atomic E-state index is 11.7. The summed E-state index contributed by atoms with van der Waals surface area (Å²) >= 11 is 0. The topological polar surface area (TPSA) is 192 Å². The fourth-order valence-electron chi connectivity index (χ4n) is 3.10. The number of hydrogen-bond acceptors (Lipinski definition) is 9. The molecule has 1 aromatic rings. The molecule has 1 fully saturated rings. The molecule has 12 nitrogen and oxygen atoms in total. The van der Waals surface area contributed by atoms with Crippen LogP contribution in [0.25, 0.3) is 0 Å². The molecule has 5 atom stereocenters. The van der Waals surface area contributed by atoms with Gasteiger partial charge in [-0.3, -0.25) is 4.79 Å². The molecule has 0 saturated carbocycles. The number of carbonyl (C=O) groups excluding carboxylic acids is 1. The molecular formula is C22H25NO11. The fraction of sp³-hybridized carbons (Fsp3) is 0.409. The van der Waals surface area contributed by atoms with E-state index in [0.29, 0.717) is 5.56 Å². The van der Waals surface area contributed by atoms with Crippen molar-refractivity contribution in [1.82, 2.24) is 5.32 Å². The van der Waals surface area contributed by atoms with Gasteiger partial charge in [0.25, 0.3) is 0 Å². The van der Waals surface area contributed by atoms with Crippen LogP contribution in [0.15, 0.2) is 30.4 Å². The van der Waals surface area contributed by atoms with Crippen molar-refractivity contribution >= 4 is 17.8 Å². The van der Waals surface area contributed by atoms with Crippen molar-refractivity contribution in [3.05, 3.63) is 41.5 Å². The molecule has 0 aromatic heterocycles. The highest BCUT2D eigenvalue weighted by molar-refractivity contribution is 5.91. The second kappa shape index (κ2) is 12.1. The fourth-order valence-corrected chi connectivity index (χ4v) is 3.10. The van der Waals surface area contributed by atoms with E-state index < -0.39 is 67.5 Å². The number of aliphatic carboxylic acids is 1. The maximum absolute atomic E-state index is 11.7. The number of aromatic carboxylic acids is 1. The zero-order chi connectivity index (χ0) is 25.4. The summed E-state index contributed by atoms with van der Waals surface area (Å²) in [5.41, 5.74) is -0.325. The molecule has 12 heteroatoms. The highest BCUT2D eigenvalue weighted by Gasteiger charge is 2.47. The van der Waals surface area contributed by atoms with Gasteiger partial charge in [0, 0.05) is 12.5 Å². The average molecular weight is 479 g/mol. The molecule has 6 N–H and O–H groups in total. The first-order valence-electron chi connectivity index (χ1n) is 9.96. The minimum atomic E-state index is -1.43. The van der Waals surface area contributed by atoms with E-state index in [2.05, 4.69) is 23.7 Å². The predicted molar refractivity (Wildman–Crippen MR) is 114 cm³/mol. The van der Waals surface area contributed by atoms with Crippen molar-refractivity contribution in [3.8, 4) is 17.6 Å². The highest BCUT2D eigenvalue weighted by atomic mass is 16.7. The molecule has 0 bridgehead atoms. The van der Waals surface area contributed by atoms with Crippen molar-refractivity contribution in [1.29, 1.82) is 0 Å². The number of aliphatic hydroxyl groups excluding tert-OH is 2. The van der Waals surface area contributed by atoms with E-state index in [0.717, 1.165) is 0 Å². The number of carboxylic acids is 2. The SMILES string of the molecule is C=C(CO[C@@H]1[C@H](O)[C@H](CO)O[C@@H](OCC#Cc2ccc(O)c(C(=O)O)c2)[C@H]1NC(C)=O)C(=O)O. The number of carbonyl (C=O) groups is 3. The maximum Gasteiger partial charge on any atom is 0.339 e. The number of aromatic hydroxyl groups is 1. The largest absolute Gasteiger partial charge is 0.507 e. The van der Waals surface area contributed by atoms with Gasteiger partial charge in [-0.1, -0.05) is 18.4 Å². The highest BCUT2D eigenvalue weighted by Crippen LogP contribution is 2.25. The Bertz CT molecular complexity index is 996. The van der Waals surface area contributed by atoms with Crippen LogP contribution in [0.2, 0.25) is 0 Å². The zero-order valence-corrected chi connectivity index (χ0v) is 18.1. The first kappa shape index (κ1) is 26.8. The van der Waals surface area contributed by atoms with Gasteiger partial charge in [0.2, 0.25) is 5.91 Å². The Kier molecular flexibility index (Phi) is 9.55. The molecule has 1 aromatic carbocycles. The van der Waals surface area contributed by atoms with Gasteiger partial charge in [-0.25, -0.2) is 9.59 Å². The van der Waals surface area contributed by atoms with Crippen LogP contribution in [0.5, 0.6) is 5.75 Å². The van der Waals surface area contributed by atoms with E-state index in [1.165, 1.54) is 25.1 Å². The molecule has 0 aliphatic carbocycles. The number of aliphatic hydroxyl groups is 2. The van der Waals surface area contributed by atoms with Crippen LogP contribution in [0, 0.1) is 11.8 Å². The number of hydrogen-bond donors (Lipinski definition) is 6. The van der Waals surface area contributed by atoms with Gasteiger partial charge >= 0.3 is 11.9 Å². The smallest absolute Gasteiger partial charge is 0.339 e. The zero-order valence-electron chi connectivity index (χ0n) is 18.1. The lowest BCUT2D eigenvalue weighted by atomic mass is 9.96. The number of amides is 1. The lowest BCUT2D eigenvalue weighted by Gasteiger charge is -2.43. The van der Waals surface area contributed by atoms with Crippen LogP contribution in [0.3, 0.4) is 0 Å². The Balaban J connectivity index is 2.18. The molecule has 1 aliphatic heterocycles. The summed E-state index contributed by atoms with van der Waals surface area (Å²) in [7, 11) is 0. The Hall–Kier alpha value is -3.47. The number of phenols is 1. The molecule has 1 amide bonds. The number of carboxylic acid groups (broad SMARTS) is 2. The summed E-state index contributed by atoms with van der Waals surface area (Å²) in [4.78, 5) is 33.8. The van der Waals surface area contributed by atoms with Crippen molar-refractivity contribution < 1.29 is 54.1 Å². The molecule has 34 heavy (non-hydrogen) atoms. The predicted octanol–water partition coefficient (Wildman–Crippen LogP) is -0.933. The Labute approximate surface area is 194 Å². The lowest BCUT2D eigenvalue weighted by Crippen LogP contribution is -2.65. The number of ether oxygens (including phenoxy) is 3. The van der Waals surface area contributed by atoms with Crippen LogP contribution in [-0.4, -0.2) is 93.8 Å². The normalized spacial score (nSPS) is 23.9. The monoisotopic (exact) mass is 479 g/mol. The van der Waals surface area contributed by atoms with Gasteiger partial charge in [-0.2, -0.15) is 0 Å². The van der Waals surface area contributed by atoms with Crippen LogP contribution in [-0.2, 0) is 23.8 Å². The minimum Gasteiger partial charge on any atom is -0.507 e. The third kappa shape index (κ3) is 7.01. The minimum absolute atomic E-state index is 0.271. The van der Waals surface area contributed by atoms with Gasteiger partial charge in [0.15, 0.2) is 6.29 Å². The average Bonchev–Trinajstić information content (AvgIpc) is 2.77. The number of nitrogens with one attached hydrogen (secondary N) is 1. The summed E-state index contributed by atoms with van der Waals surface area (Å²) in [5, 5.41) is 50.2. The van der Waals surface area contributed by atoms with Crippen molar-refractivity contribution in [3.63, 3.8) is 0 Å². The number of benzene rings is 1. The molecule has 2 rings (SSSR count). The van der Waals surface area contributed by atoms with Gasteiger partial charge in [0.05, 0.1) is 18.8 Å². The second-order valence-corrected chi connectivity index (χ2v) is 7.28. The molecule has 1 saturated heterocycles. The summed E-state index contributed by atoms with van der Waals surface area (Å²) in [6.45, 7) is 3.19. The van der Waals surface area contributed by atoms with Crippen LogP contribution in [0.4, 0.5) is 0 Å². The van der Waals surface area contributed by atoms with E-state index in [1.54, 1.807) is 0 Å². The quantitative estimate of drug-likeness (QED) is 0.189. The molecule has 1 heterocycles. The van der Waals surface area contributed by atoms with Crippen LogP contribution < -0.4 is 5.32 Å². The van der Waals surface area contributed by atoms with Gasteiger partial charge < -0.3 is 45.1 Å². The van der Waals surface area contributed by atoms with E-state index in [4.69, 9.17) is 24.4 Å². The molecule has 1 aliphatic rings. The first-order valence-corrected chi connectivity index (χ1v) is 9.96. The summed E-state index contributed by atoms with van der Waals surface area (Å²) < 4.78 is 16.6. The third-order valence-electron chi connectivity index (χ3n) is 4.76.